The van der Waals surface area contributed by atoms with E-state index >= 15 is 0 Å². The summed E-state index contributed by atoms with van der Waals surface area (Å²) in [6.07, 6.45) is 1.06. The summed E-state index contributed by atoms with van der Waals surface area (Å²) in [5, 5.41) is 5.42. The number of carbonyl (C=O) groups excluding carboxylic acids is 2. The Balaban J connectivity index is 1.72. The highest BCUT2D eigenvalue weighted by Crippen LogP contribution is 2.29. The summed E-state index contributed by atoms with van der Waals surface area (Å²) < 4.78 is 45.3. The van der Waals surface area contributed by atoms with Crippen LogP contribution in [0.2, 0.25) is 0 Å². The molecule has 31 heavy (non-hydrogen) atoms. The van der Waals surface area contributed by atoms with Crippen LogP contribution < -0.4 is 15.4 Å². The van der Waals surface area contributed by atoms with Crippen molar-refractivity contribution < 1.29 is 27.1 Å². The Morgan fingerprint density at radius 3 is 2.48 bits per heavy atom. The van der Waals surface area contributed by atoms with Crippen LogP contribution >= 0.6 is 0 Å². The minimum absolute atomic E-state index is 0.00920. The van der Waals surface area contributed by atoms with E-state index in [1.165, 1.54) is 30.5 Å². The summed E-state index contributed by atoms with van der Waals surface area (Å²) in [4.78, 5) is 24.2. The third-order valence-corrected chi connectivity index (χ3v) is 6.86. The summed E-state index contributed by atoms with van der Waals surface area (Å²) in [6, 6.07) is 9.46. The van der Waals surface area contributed by atoms with E-state index in [9.17, 15) is 22.4 Å². The smallest absolute Gasteiger partial charge is 0.243 e. The first-order chi connectivity index (χ1) is 14.7. The van der Waals surface area contributed by atoms with E-state index < -0.39 is 21.8 Å². The van der Waals surface area contributed by atoms with E-state index in [-0.39, 0.29) is 23.3 Å². The third-order valence-electron chi connectivity index (χ3n) is 4.98. The summed E-state index contributed by atoms with van der Waals surface area (Å²) in [5.41, 5.74) is 0.866. The van der Waals surface area contributed by atoms with Gasteiger partial charge in [-0.2, -0.15) is 4.31 Å². The second-order valence-corrected chi connectivity index (χ2v) is 9.18. The number of hydrogen-bond donors (Lipinski definition) is 2. The van der Waals surface area contributed by atoms with Crippen molar-refractivity contribution in [3.05, 3.63) is 48.3 Å². The number of nitrogens with one attached hydrogen (secondary N) is 2. The van der Waals surface area contributed by atoms with Crippen LogP contribution in [-0.2, 0) is 19.6 Å². The van der Waals surface area contributed by atoms with Crippen molar-refractivity contribution in [3.8, 4) is 5.75 Å². The van der Waals surface area contributed by atoms with Gasteiger partial charge in [-0.3, -0.25) is 9.59 Å². The molecule has 2 amide bonds. The van der Waals surface area contributed by atoms with Crippen molar-refractivity contribution in [1.29, 1.82) is 0 Å². The lowest BCUT2D eigenvalue weighted by Gasteiger charge is -2.31. The number of hydrogen-bond acceptors (Lipinski definition) is 5. The van der Waals surface area contributed by atoms with Gasteiger partial charge in [0, 0.05) is 25.7 Å². The maximum atomic E-state index is 13.1. The summed E-state index contributed by atoms with van der Waals surface area (Å²) >= 11 is 0. The number of ether oxygens (including phenoxy) is 1. The Labute approximate surface area is 180 Å². The molecule has 1 unspecified atom stereocenters. The van der Waals surface area contributed by atoms with Gasteiger partial charge in [0.2, 0.25) is 21.8 Å². The van der Waals surface area contributed by atoms with Crippen molar-refractivity contribution in [3.63, 3.8) is 0 Å². The Morgan fingerprint density at radius 1 is 1.13 bits per heavy atom. The highest BCUT2D eigenvalue weighted by molar-refractivity contribution is 7.89. The molecular weight excluding hydrogens is 425 g/mol. The number of anilines is 2. The van der Waals surface area contributed by atoms with Crippen LogP contribution in [0.3, 0.4) is 0 Å². The number of methoxy groups -OCH3 is 1. The first-order valence-electron chi connectivity index (χ1n) is 9.73. The molecule has 0 saturated carbocycles. The quantitative estimate of drug-likeness (QED) is 0.706. The second-order valence-electron chi connectivity index (χ2n) is 7.24. The van der Waals surface area contributed by atoms with Gasteiger partial charge in [0.15, 0.2) is 0 Å². The third kappa shape index (κ3) is 5.39. The zero-order valence-electron chi connectivity index (χ0n) is 17.2. The molecule has 2 aromatic carbocycles. The maximum Gasteiger partial charge on any atom is 0.243 e. The number of nitrogens with zero attached hydrogens (tertiary/aromatic N) is 1. The normalized spacial score (nSPS) is 17.1. The second kappa shape index (κ2) is 9.44. The van der Waals surface area contributed by atoms with Gasteiger partial charge in [-0.05, 0) is 55.3 Å². The number of carbonyl (C=O) groups is 2. The lowest BCUT2D eigenvalue weighted by atomic mass is 9.98. The number of piperidine rings is 1. The largest absolute Gasteiger partial charge is 0.495 e. The van der Waals surface area contributed by atoms with E-state index in [1.54, 1.807) is 18.2 Å². The molecule has 0 radical (unpaired) electrons. The van der Waals surface area contributed by atoms with Crippen LogP contribution in [0, 0.1) is 11.7 Å². The van der Waals surface area contributed by atoms with E-state index in [0.29, 0.717) is 36.5 Å². The number of halogens is 1. The van der Waals surface area contributed by atoms with E-state index in [1.807, 2.05) is 0 Å². The van der Waals surface area contributed by atoms with Crippen molar-refractivity contribution >= 4 is 33.2 Å². The summed E-state index contributed by atoms with van der Waals surface area (Å²) in [7, 11) is -2.36. The molecule has 1 atom stereocenters. The molecule has 1 heterocycles. The molecule has 0 aromatic heterocycles. The minimum atomic E-state index is -3.82. The zero-order chi connectivity index (χ0) is 22.6. The van der Waals surface area contributed by atoms with E-state index in [4.69, 9.17) is 4.74 Å². The number of rotatable bonds is 6. The molecule has 1 saturated heterocycles. The van der Waals surface area contributed by atoms with Crippen molar-refractivity contribution in [2.45, 2.75) is 24.7 Å². The predicted molar refractivity (Wildman–Crippen MR) is 114 cm³/mol. The van der Waals surface area contributed by atoms with Crippen molar-refractivity contribution in [1.82, 2.24) is 4.31 Å². The highest BCUT2D eigenvalue weighted by Gasteiger charge is 2.33. The van der Waals surface area contributed by atoms with Crippen molar-refractivity contribution in [2.24, 2.45) is 5.92 Å². The van der Waals surface area contributed by atoms with Crippen LogP contribution in [0.25, 0.3) is 0 Å². The van der Waals surface area contributed by atoms with Gasteiger partial charge in [-0.1, -0.05) is 0 Å². The molecule has 1 aliphatic heterocycles. The SMILES string of the molecule is COc1ccc(NC(=O)C2CCCN(S(=O)(=O)c3ccc(F)cc3)C2)cc1NC(C)=O. The predicted octanol–water partition coefficient (Wildman–Crippen LogP) is 2.83. The Kier molecular flexibility index (Phi) is 6.91. The van der Waals surface area contributed by atoms with Crippen molar-refractivity contribution in [2.75, 3.05) is 30.8 Å². The Hall–Kier alpha value is -2.98. The van der Waals surface area contributed by atoms with Crippen LogP contribution in [0.5, 0.6) is 5.75 Å². The Morgan fingerprint density at radius 2 is 1.84 bits per heavy atom. The van der Waals surface area contributed by atoms with Crippen LogP contribution in [0.1, 0.15) is 19.8 Å². The molecule has 1 aliphatic rings. The van der Waals surface area contributed by atoms with Gasteiger partial charge < -0.3 is 15.4 Å². The molecule has 0 aliphatic carbocycles. The number of amides is 2. The van der Waals surface area contributed by atoms with Gasteiger partial charge in [-0.15, -0.1) is 0 Å². The molecule has 2 aromatic rings. The molecule has 0 spiro atoms. The average molecular weight is 450 g/mol. The molecule has 3 rings (SSSR count). The Bertz CT molecular complexity index is 1070. The fourth-order valence-corrected chi connectivity index (χ4v) is 4.97. The molecule has 2 N–H and O–H groups in total. The molecule has 8 nitrogen and oxygen atoms in total. The summed E-state index contributed by atoms with van der Waals surface area (Å²) in [6.45, 7) is 1.68. The standard InChI is InChI=1S/C21H24FN3O5S/c1-14(26)23-19-12-17(7-10-20(19)30-2)24-21(27)15-4-3-11-25(13-15)31(28,29)18-8-5-16(22)6-9-18/h5-10,12,15H,3-4,11,13H2,1-2H3,(H,23,26)(H,24,27). The van der Waals surface area contributed by atoms with Gasteiger partial charge in [0.25, 0.3) is 0 Å². The number of sulfonamides is 1. The van der Waals surface area contributed by atoms with Gasteiger partial charge in [0.05, 0.1) is 23.6 Å². The first kappa shape index (κ1) is 22.7. The fourth-order valence-electron chi connectivity index (χ4n) is 3.45. The highest BCUT2D eigenvalue weighted by atomic mass is 32.2. The van der Waals surface area contributed by atoms with Crippen LogP contribution in [0.4, 0.5) is 15.8 Å². The van der Waals surface area contributed by atoms with Gasteiger partial charge in [-0.25, -0.2) is 12.8 Å². The monoisotopic (exact) mass is 449 g/mol. The van der Waals surface area contributed by atoms with Crippen LogP contribution in [-0.4, -0.2) is 44.7 Å². The van der Waals surface area contributed by atoms with E-state index in [2.05, 4.69) is 10.6 Å². The van der Waals surface area contributed by atoms with Gasteiger partial charge in [0.1, 0.15) is 11.6 Å². The molecule has 166 valence electrons. The number of benzene rings is 2. The van der Waals surface area contributed by atoms with Gasteiger partial charge >= 0.3 is 0 Å². The maximum absolute atomic E-state index is 13.1. The van der Waals surface area contributed by atoms with Crippen LogP contribution in [0.15, 0.2) is 47.4 Å². The topological polar surface area (TPSA) is 105 Å². The first-order valence-corrected chi connectivity index (χ1v) is 11.2. The van der Waals surface area contributed by atoms with E-state index in [0.717, 1.165) is 12.1 Å². The molecular formula is C21H24FN3O5S. The average Bonchev–Trinajstić information content (AvgIpc) is 2.74. The lowest BCUT2D eigenvalue weighted by molar-refractivity contribution is -0.121. The lowest BCUT2D eigenvalue weighted by Crippen LogP contribution is -2.43. The fraction of sp³-hybridized carbons (Fsp3) is 0.333. The zero-order valence-corrected chi connectivity index (χ0v) is 18.0. The minimum Gasteiger partial charge on any atom is -0.495 e. The summed E-state index contributed by atoms with van der Waals surface area (Å²) in [5.74, 6) is -1.22. The molecule has 1 fully saturated rings. The molecule has 10 heteroatoms. The molecule has 0 bridgehead atoms.